The summed E-state index contributed by atoms with van der Waals surface area (Å²) in [5.41, 5.74) is 3.54. The van der Waals surface area contributed by atoms with Crippen molar-refractivity contribution in [1.82, 2.24) is 10.4 Å². The number of nitrogens with one attached hydrogen (secondary N) is 2. The standard InChI is InChI=1S/C18H15N3O3/c1-11-6-2-3-7-12(11)10-19-21-18(24)15-16(22)13-8-4-5-9-14(13)20-17(15)23/h2-10H,1H3,(H,21,24)(H2,20,22,23)/b19-10+. The molecular weight excluding hydrogens is 306 g/mol. The fraction of sp³-hybridized carbons (Fsp3) is 0.0556. The molecule has 0 bridgehead atoms. The Balaban J connectivity index is 1.89. The Labute approximate surface area is 137 Å². The minimum atomic E-state index is -0.774. The number of H-pyrrole nitrogens is 1. The number of aromatic hydroxyl groups is 1. The SMILES string of the molecule is Cc1ccccc1/C=N/NC(=O)c1c(O)c2ccccc2[nH]c1=O. The van der Waals surface area contributed by atoms with Gasteiger partial charge in [-0.15, -0.1) is 0 Å². The van der Waals surface area contributed by atoms with Gasteiger partial charge < -0.3 is 10.1 Å². The molecule has 0 fully saturated rings. The molecule has 0 aliphatic heterocycles. The lowest BCUT2D eigenvalue weighted by Crippen LogP contribution is -2.26. The molecule has 1 amide bonds. The number of carbonyl (C=O) groups is 1. The summed E-state index contributed by atoms with van der Waals surface area (Å²) in [6, 6.07) is 14.2. The largest absolute Gasteiger partial charge is 0.506 e. The maximum Gasteiger partial charge on any atom is 0.280 e. The van der Waals surface area contributed by atoms with E-state index in [2.05, 4.69) is 15.5 Å². The second-order valence-corrected chi connectivity index (χ2v) is 5.28. The number of aromatic nitrogens is 1. The third-order valence-corrected chi connectivity index (χ3v) is 3.68. The van der Waals surface area contributed by atoms with Crippen molar-refractivity contribution < 1.29 is 9.90 Å². The van der Waals surface area contributed by atoms with Crippen LogP contribution < -0.4 is 11.0 Å². The van der Waals surface area contributed by atoms with Gasteiger partial charge in [-0.1, -0.05) is 36.4 Å². The smallest absolute Gasteiger partial charge is 0.280 e. The predicted octanol–water partition coefficient (Wildman–Crippen LogP) is 2.31. The molecular formula is C18H15N3O3. The molecule has 0 radical (unpaired) electrons. The molecule has 0 unspecified atom stereocenters. The Hall–Kier alpha value is -3.41. The van der Waals surface area contributed by atoms with Gasteiger partial charge in [0.05, 0.1) is 11.7 Å². The summed E-state index contributed by atoms with van der Waals surface area (Å²) in [5.74, 6) is -1.14. The average molecular weight is 321 g/mol. The van der Waals surface area contributed by atoms with Gasteiger partial charge in [0.1, 0.15) is 11.3 Å². The Morgan fingerprint density at radius 1 is 1.17 bits per heavy atom. The van der Waals surface area contributed by atoms with Gasteiger partial charge >= 0.3 is 0 Å². The first kappa shape index (κ1) is 15.5. The molecule has 3 N–H and O–H groups in total. The second kappa shape index (κ2) is 6.37. The number of nitrogens with zero attached hydrogens (tertiary/aromatic N) is 1. The van der Waals surface area contributed by atoms with Gasteiger partial charge in [0.25, 0.3) is 11.5 Å². The van der Waals surface area contributed by atoms with Crippen LogP contribution >= 0.6 is 0 Å². The van der Waals surface area contributed by atoms with E-state index in [-0.39, 0.29) is 11.3 Å². The molecule has 3 rings (SSSR count). The van der Waals surface area contributed by atoms with Gasteiger partial charge in [-0.3, -0.25) is 9.59 Å². The molecule has 6 nitrogen and oxygen atoms in total. The third kappa shape index (κ3) is 2.89. The number of hydrazone groups is 1. The number of aromatic amines is 1. The number of hydrogen-bond acceptors (Lipinski definition) is 4. The molecule has 0 aliphatic carbocycles. The highest BCUT2D eigenvalue weighted by molar-refractivity contribution is 6.02. The van der Waals surface area contributed by atoms with Crippen molar-refractivity contribution in [3.8, 4) is 5.75 Å². The number of hydrogen-bond donors (Lipinski definition) is 3. The predicted molar refractivity (Wildman–Crippen MR) is 92.5 cm³/mol. The molecule has 0 spiro atoms. The van der Waals surface area contributed by atoms with Crippen LogP contribution in [0.1, 0.15) is 21.5 Å². The average Bonchev–Trinajstić information content (AvgIpc) is 2.56. The second-order valence-electron chi connectivity index (χ2n) is 5.28. The van der Waals surface area contributed by atoms with Crippen molar-refractivity contribution in [2.75, 3.05) is 0 Å². The number of aryl methyl sites for hydroxylation is 1. The van der Waals surface area contributed by atoms with E-state index in [1.807, 2.05) is 31.2 Å². The van der Waals surface area contributed by atoms with Crippen LogP contribution in [0.5, 0.6) is 5.75 Å². The van der Waals surface area contributed by atoms with Crippen molar-refractivity contribution >= 4 is 23.0 Å². The summed E-state index contributed by atoms with van der Waals surface area (Å²) >= 11 is 0. The van der Waals surface area contributed by atoms with E-state index in [0.29, 0.717) is 10.9 Å². The lowest BCUT2D eigenvalue weighted by atomic mass is 10.1. The van der Waals surface area contributed by atoms with Crippen molar-refractivity contribution in [3.63, 3.8) is 0 Å². The molecule has 1 aromatic heterocycles. The van der Waals surface area contributed by atoms with Crippen LogP contribution in [-0.4, -0.2) is 22.2 Å². The highest BCUT2D eigenvalue weighted by atomic mass is 16.3. The summed E-state index contributed by atoms with van der Waals surface area (Å²) < 4.78 is 0. The maximum atomic E-state index is 12.2. The molecule has 2 aromatic carbocycles. The number of benzene rings is 2. The van der Waals surface area contributed by atoms with Crippen LogP contribution in [0.15, 0.2) is 58.4 Å². The highest BCUT2D eigenvalue weighted by Gasteiger charge is 2.18. The van der Waals surface area contributed by atoms with Crippen molar-refractivity contribution in [1.29, 1.82) is 0 Å². The zero-order chi connectivity index (χ0) is 17.1. The lowest BCUT2D eigenvalue weighted by Gasteiger charge is -2.06. The van der Waals surface area contributed by atoms with Gasteiger partial charge in [0.15, 0.2) is 0 Å². The Bertz CT molecular complexity index is 1010. The van der Waals surface area contributed by atoms with Crippen molar-refractivity contribution in [3.05, 3.63) is 75.6 Å². The van der Waals surface area contributed by atoms with Crippen molar-refractivity contribution in [2.45, 2.75) is 6.92 Å². The van der Waals surface area contributed by atoms with Crippen LogP contribution in [0.25, 0.3) is 10.9 Å². The number of para-hydroxylation sites is 1. The van der Waals surface area contributed by atoms with E-state index in [4.69, 9.17) is 0 Å². The number of carbonyl (C=O) groups excluding carboxylic acids is 1. The topological polar surface area (TPSA) is 94.5 Å². The van der Waals surface area contributed by atoms with Crippen LogP contribution in [0, 0.1) is 6.92 Å². The van der Waals surface area contributed by atoms with E-state index in [1.165, 1.54) is 6.21 Å². The van der Waals surface area contributed by atoms with Crippen molar-refractivity contribution in [2.24, 2.45) is 5.10 Å². The fourth-order valence-corrected chi connectivity index (χ4v) is 2.38. The lowest BCUT2D eigenvalue weighted by molar-refractivity contribution is 0.0951. The minimum absolute atomic E-state index is 0.363. The zero-order valence-electron chi connectivity index (χ0n) is 12.9. The van der Waals surface area contributed by atoms with E-state index < -0.39 is 11.5 Å². The molecule has 0 saturated carbocycles. The van der Waals surface area contributed by atoms with E-state index >= 15 is 0 Å². The number of fused-ring (bicyclic) bond motifs is 1. The molecule has 120 valence electrons. The summed E-state index contributed by atoms with van der Waals surface area (Å²) in [7, 11) is 0. The van der Waals surface area contributed by atoms with Gasteiger partial charge in [0.2, 0.25) is 0 Å². The third-order valence-electron chi connectivity index (χ3n) is 3.68. The maximum absolute atomic E-state index is 12.2. The van der Waals surface area contributed by atoms with Gasteiger partial charge in [-0.2, -0.15) is 5.10 Å². The number of rotatable bonds is 3. The summed E-state index contributed by atoms with van der Waals surface area (Å²) in [5, 5.41) is 14.5. The number of pyridine rings is 1. The van der Waals surface area contributed by atoms with Crippen LogP contribution in [0.3, 0.4) is 0 Å². The summed E-state index contributed by atoms with van der Waals surface area (Å²) in [6.07, 6.45) is 1.49. The molecule has 24 heavy (non-hydrogen) atoms. The van der Waals surface area contributed by atoms with Crippen LogP contribution in [-0.2, 0) is 0 Å². The van der Waals surface area contributed by atoms with E-state index in [1.54, 1.807) is 24.3 Å². The number of amides is 1. The zero-order valence-corrected chi connectivity index (χ0v) is 12.9. The minimum Gasteiger partial charge on any atom is -0.506 e. The van der Waals surface area contributed by atoms with Gasteiger partial charge in [-0.05, 0) is 30.2 Å². The Morgan fingerprint density at radius 3 is 2.67 bits per heavy atom. The normalized spacial score (nSPS) is 11.0. The van der Waals surface area contributed by atoms with E-state index in [9.17, 15) is 14.7 Å². The molecule has 0 atom stereocenters. The van der Waals surface area contributed by atoms with E-state index in [0.717, 1.165) is 11.1 Å². The molecule has 0 saturated heterocycles. The first-order chi connectivity index (χ1) is 11.6. The quantitative estimate of drug-likeness (QED) is 0.510. The van der Waals surface area contributed by atoms with Gasteiger partial charge in [-0.25, -0.2) is 5.43 Å². The molecule has 3 aromatic rings. The molecule has 0 aliphatic rings. The van der Waals surface area contributed by atoms with Gasteiger partial charge in [0, 0.05) is 5.39 Å². The summed E-state index contributed by atoms with van der Waals surface area (Å²) in [4.78, 5) is 26.8. The molecule has 6 heteroatoms. The summed E-state index contributed by atoms with van der Waals surface area (Å²) in [6.45, 7) is 1.92. The monoisotopic (exact) mass is 321 g/mol. The molecule has 1 heterocycles. The Kier molecular flexibility index (Phi) is 4.11. The fourth-order valence-electron chi connectivity index (χ4n) is 2.38. The van der Waals surface area contributed by atoms with Crippen LogP contribution in [0.4, 0.5) is 0 Å². The highest BCUT2D eigenvalue weighted by Crippen LogP contribution is 2.24. The first-order valence-corrected chi connectivity index (χ1v) is 7.31. The first-order valence-electron chi connectivity index (χ1n) is 7.31. The van der Waals surface area contributed by atoms with Crippen LogP contribution in [0.2, 0.25) is 0 Å². The Morgan fingerprint density at radius 2 is 1.88 bits per heavy atom.